The summed E-state index contributed by atoms with van der Waals surface area (Å²) in [6.07, 6.45) is 2.26. The van der Waals surface area contributed by atoms with Gasteiger partial charge in [0.15, 0.2) is 0 Å². The summed E-state index contributed by atoms with van der Waals surface area (Å²) in [5.74, 6) is 0.594. The van der Waals surface area contributed by atoms with Gasteiger partial charge in [0.05, 0.1) is 17.3 Å². The Morgan fingerprint density at radius 1 is 1.62 bits per heavy atom. The molecular weight excluding hydrogens is 293 g/mol. The molecular formula is C11H11BrClNO2. The minimum absolute atomic E-state index is 0.376. The number of carbonyl (C=O) groups is 1. The molecule has 5 heteroatoms. The fourth-order valence-corrected chi connectivity index (χ4v) is 1.32. The van der Waals surface area contributed by atoms with E-state index in [2.05, 4.69) is 20.9 Å². The van der Waals surface area contributed by atoms with E-state index in [1.54, 1.807) is 18.2 Å². The Hall–Kier alpha value is -0.870. The molecule has 0 aliphatic carbocycles. The van der Waals surface area contributed by atoms with Crippen molar-refractivity contribution < 1.29 is 9.53 Å². The first kappa shape index (κ1) is 13.2. The van der Waals surface area contributed by atoms with Crippen LogP contribution < -0.4 is 4.74 Å². The van der Waals surface area contributed by atoms with Crippen molar-refractivity contribution in [3.63, 3.8) is 0 Å². The van der Waals surface area contributed by atoms with E-state index < -0.39 is 0 Å². The minimum atomic E-state index is -0.376. The zero-order valence-electron chi connectivity index (χ0n) is 8.69. The van der Waals surface area contributed by atoms with E-state index >= 15 is 0 Å². The van der Waals surface area contributed by atoms with Gasteiger partial charge in [0, 0.05) is 12.3 Å². The molecule has 0 radical (unpaired) electrons. The van der Waals surface area contributed by atoms with E-state index in [1.165, 1.54) is 6.21 Å². The molecule has 0 spiro atoms. The van der Waals surface area contributed by atoms with Crippen LogP contribution in [0.1, 0.15) is 6.92 Å². The predicted octanol–water partition coefficient (Wildman–Crippen LogP) is 3.40. The van der Waals surface area contributed by atoms with E-state index in [0.29, 0.717) is 23.1 Å². The number of rotatable bonds is 5. The van der Waals surface area contributed by atoms with Crippen molar-refractivity contribution in [3.05, 3.63) is 23.2 Å². The van der Waals surface area contributed by atoms with E-state index in [0.717, 1.165) is 6.29 Å². The van der Waals surface area contributed by atoms with Gasteiger partial charge in [0.25, 0.3) is 0 Å². The van der Waals surface area contributed by atoms with Crippen molar-refractivity contribution in [2.75, 3.05) is 6.61 Å². The quantitative estimate of drug-likeness (QED) is 0.475. The van der Waals surface area contributed by atoms with Crippen molar-refractivity contribution >= 4 is 45.7 Å². The van der Waals surface area contributed by atoms with Crippen LogP contribution in [-0.4, -0.2) is 23.9 Å². The molecule has 1 atom stereocenters. The van der Waals surface area contributed by atoms with Gasteiger partial charge in [-0.25, -0.2) is 0 Å². The predicted molar refractivity (Wildman–Crippen MR) is 69.6 cm³/mol. The van der Waals surface area contributed by atoms with Crippen molar-refractivity contribution in [1.82, 2.24) is 0 Å². The van der Waals surface area contributed by atoms with Crippen LogP contribution in [0, 0.1) is 0 Å². The maximum Gasteiger partial charge on any atom is 0.140 e. The van der Waals surface area contributed by atoms with Crippen LogP contribution in [0.3, 0.4) is 0 Å². The molecule has 0 fully saturated rings. The normalized spacial score (nSPS) is 12.7. The monoisotopic (exact) mass is 303 g/mol. The Kier molecular flexibility index (Phi) is 5.49. The number of benzene rings is 1. The number of alkyl halides is 1. The van der Waals surface area contributed by atoms with Gasteiger partial charge in [-0.3, -0.25) is 4.99 Å². The largest absolute Gasteiger partial charge is 0.492 e. The van der Waals surface area contributed by atoms with Gasteiger partial charge in [0.1, 0.15) is 16.9 Å². The molecule has 86 valence electrons. The number of nitrogens with zero attached hydrogens (tertiary/aromatic N) is 1. The molecule has 16 heavy (non-hydrogen) atoms. The molecule has 0 bridgehead atoms. The van der Waals surface area contributed by atoms with Gasteiger partial charge in [-0.15, -0.1) is 0 Å². The second-order valence-electron chi connectivity index (χ2n) is 2.91. The van der Waals surface area contributed by atoms with E-state index in [-0.39, 0.29) is 4.83 Å². The molecule has 0 saturated carbocycles. The molecule has 1 aromatic carbocycles. The zero-order valence-corrected chi connectivity index (χ0v) is 11.0. The highest BCUT2D eigenvalue weighted by Gasteiger charge is 2.02. The van der Waals surface area contributed by atoms with Crippen LogP contribution in [0.25, 0.3) is 0 Å². The highest BCUT2D eigenvalue weighted by molar-refractivity contribution is 9.10. The zero-order chi connectivity index (χ0) is 12.0. The Morgan fingerprint density at radius 3 is 3.00 bits per heavy atom. The maximum atomic E-state index is 10.4. The number of aliphatic imine (C=N–C) groups is 1. The Morgan fingerprint density at radius 2 is 2.38 bits per heavy atom. The molecule has 0 N–H and O–H groups in total. The summed E-state index contributed by atoms with van der Waals surface area (Å²) in [4.78, 5) is 14.1. The maximum absolute atomic E-state index is 10.4. The fourth-order valence-electron chi connectivity index (χ4n) is 1.03. The Balaban J connectivity index is 2.85. The molecule has 0 saturated heterocycles. The van der Waals surface area contributed by atoms with Gasteiger partial charge >= 0.3 is 0 Å². The molecule has 0 aliphatic heterocycles. The summed E-state index contributed by atoms with van der Waals surface area (Å²) in [6, 6.07) is 5.20. The second-order valence-corrected chi connectivity index (χ2v) is 4.37. The third-order valence-electron chi connectivity index (χ3n) is 1.71. The fraction of sp³-hybridized carbons (Fsp3) is 0.273. The van der Waals surface area contributed by atoms with Crippen LogP contribution in [0.2, 0.25) is 5.02 Å². The van der Waals surface area contributed by atoms with Crippen LogP contribution in [0.5, 0.6) is 5.75 Å². The standard InChI is InChI=1S/C11H11BrClNO2/c1-2-16-11-5-9(3-4-10(11)13)14-6-8(12)7-15/h3-8H,2H2,1H3/b14-6+. The van der Waals surface area contributed by atoms with Crippen molar-refractivity contribution in [3.8, 4) is 5.75 Å². The first-order chi connectivity index (χ1) is 7.67. The lowest BCUT2D eigenvalue weighted by Crippen LogP contribution is -1.98. The molecule has 0 amide bonds. The van der Waals surface area contributed by atoms with Crippen molar-refractivity contribution in [2.24, 2.45) is 4.99 Å². The minimum Gasteiger partial charge on any atom is -0.492 e. The molecule has 0 aromatic heterocycles. The average Bonchev–Trinajstić information content (AvgIpc) is 2.30. The molecule has 3 nitrogen and oxygen atoms in total. The Labute approximate surface area is 108 Å². The van der Waals surface area contributed by atoms with E-state index in [9.17, 15) is 4.79 Å². The number of halogens is 2. The molecule has 1 unspecified atom stereocenters. The van der Waals surface area contributed by atoms with Gasteiger partial charge < -0.3 is 9.53 Å². The van der Waals surface area contributed by atoms with E-state index in [1.807, 2.05) is 6.92 Å². The molecule has 0 heterocycles. The lowest BCUT2D eigenvalue weighted by atomic mass is 10.3. The van der Waals surface area contributed by atoms with Gasteiger partial charge in [-0.2, -0.15) is 0 Å². The summed E-state index contributed by atoms with van der Waals surface area (Å²) in [7, 11) is 0. The third kappa shape index (κ3) is 3.94. The van der Waals surface area contributed by atoms with Crippen LogP contribution in [-0.2, 0) is 4.79 Å². The lowest BCUT2D eigenvalue weighted by Gasteiger charge is -2.05. The second kappa shape index (κ2) is 6.66. The van der Waals surface area contributed by atoms with Crippen LogP contribution >= 0.6 is 27.5 Å². The third-order valence-corrected chi connectivity index (χ3v) is 2.48. The average molecular weight is 305 g/mol. The van der Waals surface area contributed by atoms with Crippen LogP contribution in [0.4, 0.5) is 5.69 Å². The first-order valence-electron chi connectivity index (χ1n) is 4.73. The van der Waals surface area contributed by atoms with Crippen molar-refractivity contribution in [2.45, 2.75) is 11.8 Å². The topological polar surface area (TPSA) is 38.7 Å². The van der Waals surface area contributed by atoms with Gasteiger partial charge in [-0.1, -0.05) is 27.5 Å². The summed E-state index contributed by atoms with van der Waals surface area (Å²) in [5, 5.41) is 0.548. The molecule has 1 aromatic rings. The number of ether oxygens (including phenoxy) is 1. The van der Waals surface area contributed by atoms with E-state index in [4.69, 9.17) is 16.3 Å². The number of aldehydes is 1. The highest BCUT2D eigenvalue weighted by atomic mass is 79.9. The lowest BCUT2D eigenvalue weighted by molar-refractivity contribution is -0.106. The van der Waals surface area contributed by atoms with Crippen molar-refractivity contribution in [1.29, 1.82) is 0 Å². The highest BCUT2D eigenvalue weighted by Crippen LogP contribution is 2.29. The molecule has 1 rings (SSSR count). The van der Waals surface area contributed by atoms with Gasteiger partial charge in [-0.05, 0) is 19.1 Å². The van der Waals surface area contributed by atoms with Crippen LogP contribution in [0.15, 0.2) is 23.2 Å². The summed E-state index contributed by atoms with van der Waals surface area (Å²) in [5.41, 5.74) is 0.694. The first-order valence-corrected chi connectivity index (χ1v) is 6.02. The summed E-state index contributed by atoms with van der Waals surface area (Å²) < 4.78 is 5.32. The number of carbonyl (C=O) groups excluding carboxylic acids is 1. The summed E-state index contributed by atoms with van der Waals surface area (Å²) in [6.45, 7) is 2.43. The van der Waals surface area contributed by atoms with Gasteiger partial charge in [0.2, 0.25) is 0 Å². The summed E-state index contributed by atoms with van der Waals surface area (Å²) >= 11 is 9.05. The molecule has 0 aliphatic rings. The smallest absolute Gasteiger partial charge is 0.140 e. The number of hydrogen-bond donors (Lipinski definition) is 0. The Bertz CT molecular complexity index is 396. The number of hydrogen-bond acceptors (Lipinski definition) is 3. The SMILES string of the molecule is CCOc1cc(/N=C/C(Br)C=O)ccc1Cl.